The van der Waals surface area contributed by atoms with Crippen LogP contribution in [0, 0.1) is 21.8 Å². The highest BCUT2D eigenvalue weighted by Gasteiger charge is 2.16. The Kier molecular flexibility index (Phi) is 8.47. The minimum Gasteiger partial charge on any atom is -0.493 e. The number of hydrogen-bond acceptors (Lipinski definition) is 4. The summed E-state index contributed by atoms with van der Waals surface area (Å²) in [5.74, 6) is 0.696. The maximum Gasteiger partial charge on any atom is 0.266 e. The van der Waals surface area contributed by atoms with Gasteiger partial charge in [-0.2, -0.15) is 5.26 Å². The molecule has 0 saturated heterocycles. The van der Waals surface area contributed by atoms with Crippen LogP contribution in [0.5, 0.6) is 11.5 Å². The molecule has 0 aliphatic carbocycles. The number of nitrogens with one attached hydrogen (secondary N) is 1. The number of amides is 1. The third kappa shape index (κ3) is 5.95. The molecule has 4 rings (SSSR count). The van der Waals surface area contributed by atoms with Gasteiger partial charge in [0.25, 0.3) is 5.91 Å². The number of aryl methyl sites for hydroxylation is 2. The normalized spacial score (nSPS) is 11.2. The zero-order valence-corrected chi connectivity index (χ0v) is 23.1. The van der Waals surface area contributed by atoms with Crippen LogP contribution in [0.4, 0.5) is 5.69 Å². The summed E-state index contributed by atoms with van der Waals surface area (Å²) in [6, 6.07) is 25.7. The molecule has 4 aromatic rings. The van der Waals surface area contributed by atoms with Crippen molar-refractivity contribution in [2.45, 2.75) is 26.9 Å². The second-order valence-electron chi connectivity index (χ2n) is 8.54. The number of fused-ring (bicyclic) bond motifs is 1. The van der Waals surface area contributed by atoms with Gasteiger partial charge in [-0.1, -0.05) is 61.5 Å². The van der Waals surface area contributed by atoms with Crippen molar-refractivity contribution in [1.29, 1.82) is 5.26 Å². The molecule has 0 atom stereocenters. The summed E-state index contributed by atoms with van der Waals surface area (Å²) in [4.78, 5) is 12.9. The number of benzene rings is 4. The summed E-state index contributed by atoms with van der Waals surface area (Å²) in [5.41, 5.74) is 4.66. The van der Waals surface area contributed by atoms with Crippen LogP contribution in [0.25, 0.3) is 16.8 Å². The van der Waals surface area contributed by atoms with E-state index in [0.29, 0.717) is 29.4 Å². The molecule has 0 aliphatic heterocycles. The molecule has 0 saturated carbocycles. The van der Waals surface area contributed by atoms with E-state index in [1.165, 1.54) is 0 Å². The maximum absolute atomic E-state index is 12.9. The minimum absolute atomic E-state index is 0.00353. The van der Waals surface area contributed by atoms with E-state index < -0.39 is 5.91 Å². The van der Waals surface area contributed by atoms with E-state index in [1.807, 2.05) is 55.5 Å². The molecule has 0 spiro atoms. The number of methoxy groups -OCH3 is 1. The molecule has 0 aromatic heterocycles. The molecule has 1 amide bonds. The number of para-hydroxylation sites is 1. The first-order valence-electron chi connectivity index (χ1n) is 11.9. The number of carbonyl (C=O) groups is 1. The molecule has 1 N–H and O–H groups in total. The highest BCUT2D eigenvalue weighted by atomic mass is 127. The minimum atomic E-state index is -0.455. The van der Waals surface area contributed by atoms with Crippen molar-refractivity contribution >= 4 is 51.0 Å². The van der Waals surface area contributed by atoms with E-state index in [1.54, 1.807) is 19.3 Å². The lowest BCUT2D eigenvalue weighted by atomic mass is 10.0. The zero-order chi connectivity index (χ0) is 26.4. The Morgan fingerprint density at radius 1 is 1.08 bits per heavy atom. The number of nitrogens with zero attached hydrogens (tertiary/aromatic N) is 1. The molecule has 0 unspecified atom stereocenters. The Balaban J connectivity index is 1.60. The number of hydrogen-bond donors (Lipinski definition) is 1. The van der Waals surface area contributed by atoms with Crippen LogP contribution in [-0.4, -0.2) is 13.0 Å². The smallest absolute Gasteiger partial charge is 0.266 e. The fourth-order valence-electron chi connectivity index (χ4n) is 4.20. The summed E-state index contributed by atoms with van der Waals surface area (Å²) in [7, 11) is 1.58. The second-order valence-corrected chi connectivity index (χ2v) is 9.70. The van der Waals surface area contributed by atoms with Crippen molar-refractivity contribution in [3.05, 3.63) is 104 Å². The predicted molar refractivity (Wildman–Crippen MR) is 157 cm³/mol. The SMILES string of the molecule is CCc1ccccc1NC(=O)/C(C#N)=C/c1cc(I)c(OCc2c(C)ccc3ccccc23)c(OC)c1. The van der Waals surface area contributed by atoms with Gasteiger partial charge in [-0.15, -0.1) is 0 Å². The Labute approximate surface area is 230 Å². The summed E-state index contributed by atoms with van der Waals surface area (Å²) in [5, 5.41) is 14.9. The monoisotopic (exact) mass is 602 g/mol. The first-order chi connectivity index (χ1) is 17.9. The van der Waals surface area contributed by atoms with E-state index in [-0.39, 0.29) is 5.57 Å². The largest absolute Gasteiger partial charge is 0.493 e. The van der Waals surface area contributed by atoms with Gasteiger partial charge in [0.1, 0.15) is 18.2 Å². The third-order valence-electron chi connectivity index (χ3n) is 6.21. The van der Waals surface area contributed by atoms with Crippen LogP contribution in [0.3, 0.4) is 0 Å². The number of ether oxygens (including phenoxy) is 2. The highest BCUT2D eigenvalue weighted by Crippen LogP contribution is 2.36. The molecule has 5 nitrogen and oxygen atoms in total. The van der Waals surface area contributed by atoms with E-state index in [9.17, 15) is 10.1 Å². The summed E-state index contributed by atoms with van der Waals surface area (Å²) in [6.45, 7) is 4.48. The van der Waals surface area contributed by atoms with Crippen molar-refractivity contribution < 1.29 is 14.3 Å². The lowest BCUT2D eigenvalue weighted by Crippen LogP contribution is -2.14. The summed E-state index contributed by atoms with van der Waals surface area (Å²) < 4.78 is 12.7. The first kappa shape index (κ1) is 26.2. The molecule has 186 valence electrons. The van der Waals surface area contributed by atoms with Crippen LogP contribution in [0.1, 0.15) is 29.2 Å². The summed E-state index contributed by atoms with van der Waals surface area (Å²) in [6.07, 6.45) is 2.34. The topological polar surface area (TPSA) is 71.4 Å². The zero-order valence-electron chi connectivity index (χ0n) is 21.0. The molecule has 0 heterocycles. The van der Waals surface area contributed by atoms with Crippen molar-refractivity contribution in [3.8, 4) is 17.6 Å². The molecular formula is C31H27IN2O3. The van der Waals surface area contributed by atoms with E-state index in [4.69, 9.17) is 9.47 Å². The molecule has 0 aliphatic rings. The Morgan fingerprint density at radius 3 is 2.59 bits per heavy atom. The molecule has 37 heavy (non-hydrogen) atoms. The predicted octanol–water partition coefficient (Wildman–Crippen LogP) is 7.45. The molecule has 0 bridgehead atoms. The van der Waals surface area contributed by atoms with Crippen LogP contribution < -0.4 is 14.8 Å². The van der Waals surface area contributed by atoms with Crippen LogP contribution in [-0.2, 0) is 17.8 Å². The van der Waals surface area contributed by atoms with E-state index in [2.05, 4.69) is 59.1 Å². The van der Waals surface area contributed by atoms with Crippen molar-refractivity contribution in [2.75, 3.05) is 12.4 Å². The van der Waals surface area contributed by atoms with Gasteiger partial charge >= 0.3 is 0 Å². The van der Waals surface area contributed by atoms with Crippen molar-refractivity contribution in [2.24, 2.45) is 0 Å². The Morgan fingerprint density at radius 2 is 1.84 bits per heavy atom. The molecule has 6 heteroatoms. The van der Waals surface area contributed by atoms with Gasteiger partial charge in [-0.05, 0) is 87.7 Å². The average Bonchev–Trinajstić information content (AvgIpc) is 2.91. The lowest BCUT2D eigenvalue weighted by molar-refractivity contribution is -0.112. The van der Waals surface area contributed by atoms with E-state index in [0.717, 1.165) is 37.5 Å². The number of halogens is 1. The molecule has 4 aromatic carbocycles. The van der Waals surface area contributed by atoms with E-state index >= 15 is 0 Å². The van der Waals surface area contributed by atoms with Crippen molar-refractivity contribution in [1.82, 2.24) is 0 Å². The quantitative estimate of drug-likeness (QED) is 0.129. The second kappa shape index (κ2) is 11.9. The van der Waals surface area contributed by atoms with Gasteiger partial charge < -0.3 is 14.8 Å². The standard InChI is InChI=1S/C31H27IN2O3/c1-4-22-9-6-8-12-28(22)34-31(35)24(18-33)15-21-16-27(32)30(29(17-21)36-3)37-19-26-20(2)13-14-23-10-5-7-11-25(23)26/h5-17H,4,19H2,1-3H3,(H,34,35)/b24-15+. The van der Waals surface area contributed by atoms with Gasteiger partial charge in [0.15, 0.2) is 11.5 Å². The lowest BCUT2D eigenvalue weighted by Gasteiger charge is -2.16. The van der Waals surface area contributed by atoms with Crippen LogP contribution >= 0.6 is 22.6 Å². The Hall–Kier alpha value is -3.83. The fraction of sp³-hybridized carbons (Fsp3) is 0.161. The van der Waals surface area contributed by atoms with Crippen LogP contribution in [0.2, 0.25) is 0 Å². The Bertz CT molecular complexity index is 1540. The number of rotatable bonds is 8. The van der Waals surface area contributed by atoms with Crippen LogP contribution in [0.15, 0.2) is 78.4 Å². The van der Waals surface area contributed by atoms with Gasteiger partial charge in [0.2, 0.25) is 0 Å². The van der Waals surface area contributed by atoms with Crippen molar-refractivity contribution in [3.63, 3.8) is 0 Å². The average molecular weight is 602 g/mol. The number of anilines is 1. The number of carbonyl (C=O) groups excluding carboxylic acids is 1. The van der Waals surface area contributed by atoms with Gasteiger partial charge in [-0.3, -0.25) is 4.79 Å². The molecular weight excluding hydrogens is 575 g/mol. The summed E-state index contributed by atoms with van der Waals surface area (Å²) >= 11 is 2.19. The van der Waals surface area contributed by atoms with Gasteiger partial charge in [-0.25, -0.2) is 0 Å². The number of nitriles is 1. The first-order valence-corrected chi connectivity index (χ1v) is 13.0. The maximum atomic E-state index is 12.9. The molecule has 0 fully saturated rings. The molecule has 0 radical (unpaired) electrons. The third-order valence-corrected chi connectivity index (χ3v) is 7.01. The van der Waals surface area contributed by atoms with Gasteiger partial charge in [0.05, 0.1) is 10.7 Å². The van der Waals surface area contributed by atoms with Gasteiger partial charge in [0, 0.05) is 11.3 Å². The highest BCUT2D eigenvalue weighted by molar-refractivity contribution is 14.1. The fourth-order valence-corrected chi connectivity index (χ4v) is 4.98.